The highest BCUT2D eigenvalue weighted by Gasteiger charge is 2.21. The Morgan fingerprint density at radius 1 is 1.19 bits per heavy atom. The van der Waals surface area contributed by atoms with Crippen molar-refractivity contribution in [1.29, 1.82) is 0 Å². The van der Waals surface area contributed by atoms with Crippen molar-refractivity contribution in [1.82, 2.24) is 5.32 Å². The van der Waals surface area contributed by atoms with Gasteiger partial charge in [0.05, 0.1) is 13.2 Å². The molecule has 0 spiro atoms. The number of ether oxygens (including phenoxy) is 1. The number of nitrogens with one attached hydrogen (secondary N) is 1. The number of fused-ring (bicyclic) bond motifs is 1. The molecule has 0 saturated carbocycles. The van der Waals surface area contributed by atoms with Gasteiger partial charge < -0.3 is 10.1 Å². The Balaban J connectivity index is 1.79. The van der Waals surface area contributed by atoms with E-state index in [9.17, 15) is 4.79 Å². The molecule has 1 aliphatic carbocycles. The van der Waals surface area contributed by atoms with Crippen molar-refractivity contribution in [2.24, 2.45) is 0 Å². The minimum absolute atomic E-state index is 0.0457. The molecule has 1 amide bonds. The molecule has 1 N–H and O–H groups in total. The zero-order valence-electron chi connectivity index (χ0n) is 12.1. The first kappa shape index (κ1) is 13.7. The zero-order valence-corrected chi connectivity index (χ0v) is 12.1. The number of carbonyl (C=O) groups is 1. The Hall–Kier alpha value is -2.29. The second kappa shape index (κ2) is 6.00. The number of rotatable bonds is 3. The third-order valence-electron chi connectivity index (χ3n) is 4.01. The molecule has 0 aliphatic heterocycles. The van der Waals surface area contributed by atoms with Crippen LogP contribution in [-0.2, 0) is 6.42 Å². The lowest BCUT2D eigenvalue weighted by atomic mass is 9.87. The number of amides is 1. The number of hydrogen-bond acceptors (Lipinski definition) is 2. The van der Waals surface area contributed by atoms with Crippen LogP contribution in [0.4, 0.5) is 0 Å². The van der Waals surface area contributed by atoms with Gasteiger partial charge in [-0.3, -0.25) is 4.79 Å². The summed E-state index contributed by atoms with van der Waals surface area (Å²) in [5.74, 6) is 0.655. The highest BCUT2D eigenvalue weighted by Crippen LogP contribution is 2.29. The molecule has 1 atom stereocenters. The molecule has 0 radical (unpaired) electrons. The Morgan fingerprint density at radius 3 is 2.90 bits per heavy atom. The number of benzene rings is 2. The maximum atomic E-state index is 12.4. The number of aryl methyl sites for hydroxylation is 1. The van der Waals surface area contributed by atoms with Gasteiger partial charge in [-0.2, -0.15) is 0 Å². The number of methoxy groups -OCH3 is 1. The monoisotopic (exact) mass is 281 g/mol. The molecule has 3 heteroatoms. The molecule has 108 valence electrons. The first-order valence-electron chi connectivity index (χ1n) is 7.30. The van der Waals surface area contributed by atoms with E-state index < -0.39 is 0 Å². The Morgan fingerprint density at radius 2 is 2.05 bits per heavy atom. The molecule has 21 heavy (non-hydrogen) atoms. The smallest absolute Gasteiger partial charge is 0.251 e. The van der Waals surface area contributed by atoms with Gasteiger partial charge in [-0.1, -0.05) is 30.3 Å². The Labute approximate surface area is 124 Å². The molecule has 0 bridgehead atoms. The van der Waals surface area contributed by atoms with E-state index in [4.69, 9.17) is 4.74 Å². The lowest BCUT2D eigenvalue weighted by molar-refractivity contribution is 0.0932. The summed E-state index contributed by atoms with van der Waals surface area (Å²) < 4.78 is 5.17. The van der Waals surface area contributed by atoms with Gasteiger partial charge in [0.2, 0.25) is 0 Å². The third-order valence-corrected chi connectivity index (χ3v) is 4.01. The summed E-state index contributed by atoms with van der Waals surface area (Å²) in [7, 11) is 1.61. The van der Waals surface area contributed by atoms with Crippen molar-refractivity contribution in [2.45, 2.75) is 25.3 Å². The van der Waals surface area contributed by atoms with Crippen molar-refractivity contribution in [3.8, 4) is 5.75 Å². The average molecular weight is 281 g/mol. The van der Waals surface area contributed by atoms with Crippen LogP contribution in [0.25, 0.3) is 0 Å². The Kier molecular flexibility index (Phi) is 3.91. The fraction of sp³-hybridized carbons (Fsp3) is 0.278. The standard InChI is InChI=1S/C18H19NO2/c1-21-15-9-4-8-14(12-15)18(20)19-17-11-5-7-13-6-2-3-10-16(13)17/h2-4,6,8-10,12,17H,5,7,11H2,1H3,(H,19,20)/t17-/m0/s1. The molecule has 1 aliphatic rings. The molecule has 0 aromatic heterocycles. The van der Waals surface area contributed by atoms with E-state index in [2.05, 4.69) is 23.5 Å². The van der Waals surface area contributed by atoms with Crippen LogP contribution < -0.4 is 10.1 Å². The second-order valence-electron chi connectivity index (χ2n) is 5.35. The van der Waals surface area contributed by atoms with Crippen molar-refractivity contribution in [3.63, 3.8) is 0 Å². The van der Waals surface area contributed by atoms with Crippen molar-refractivity contribution in [3.05, 3.63) is 65.2 Å². The second-order valence-corrected chi connectivity index (χ2v) is 5.35. The molecule has 3 nitrogen and oxygen atoms in total. The largest absolute Gasteiger partial charge is 0.497 e. The van der Waals surface area contributed by atoms with Crippen LogP contribution in [0.3, 0.4) is 0 Å². The molecule has 0 heterocycles. The molecule has 2 aromatic carbocycles. The first-order valence-corrected chi connectivity index (χ1v) is 7.30. The normalized spacial score (nSPS) is 16.9. The molecule has 0 fully saturated rings. The van der Waals surface area contributed by atoms with Gasteiger partial charge in [-0.25, -0.2) is 0 Å². The molecular formula is C18H19NO2. The minimum atomic E-state index is -0.0457. The van der Waals surface area contributed by atoms with Crippen LogP contribution in [0.2, 0.25) is 0 Å². The quantitative estimate of drug-likeness (QED) is 0.935. The lowest BCUT2D eigenvalue weighted by Gasteiger charge is -2.26. The van der Waals surface area contributed by atoms with Crippen molar-refractivity contribution < 1.29 is 9.53 Å². The summed E-state index contributed by atoms with van der Waals surface area (Å²) >= 11 is 0. The third kappa shape index (κ3) is 2.92. The summed E-state index contributed by atoms with van der Waals surface area (Å²) in [6.07, 6.45) is 3.20. The fourth-order valence-corrected chi connectivity index (χ4v) is 2.91. The Bertz CT molecular complexity index is 651. The summed E-state index contributed by atoms with van der Waals surface area (Å²) in [6.45, 7) is 0. The fourth-order valence-electron chi connectivity index (χ4n) is 2.91. The van der Waals surface area contributed by atoms with Crippen LogP contribution in [-0.4, -0.2) is 13.0 Å². The SMILES string of the molecule is COc1cccc(C(=O)N[C@H]2CCCc3ccccc32)c1. The van der Waals surface area contributed by atoms with Gasteiger partial charge in [-0.15, -0.1) is 0 Å². The molecular weight excluding hydrogens is 262 g/mol. The van der Waals surface area contributed by atoms with Crippen LogP contribution >= 0.6 is 0 Å². The predicted molar refractivity (Wildman–Crippen MR) is 82.6 cm³/mol. The van der Waals surface area contributed by atoms with Crippen molar-refractivity contribution >= 4 is 5.91 Å². The van der Waals surface area contributed by atoms with Crippen LogP contribution in [0.1, 0.15) is 40.4 Å². The average Bonchev–Trinajstić information content (AvgIpc) is 2.55. The molecule has 0 saturated heterocycles. The van der Waals surface area contributed by atoms with Gasteiger partial charge in [0.1, 0.15) is 5.75 Å². The maximum Gasteiger partial charge on any atom is 0.251 e. The lowest BCUT2D eigenvalue weighted by Crippen LogP contribution is -2.30. The number of carbonyl (C=O) groups excluding carboxylic acids is 1. The minimum Gasteiger partial charge on any atom is -0.497 e. The summed E-state index contributed by atoms with van der Waals surface area (Å²) in [5.41, 5.74) is 3.23. The van der Waals surface area contributed by atoms with E-state index in [-0.39, 0.29) is 11.9 Å². The van der Waals surface area contributed by atoms with E-state index in [1.165, 1.54) is 11.1 Å². The molecule has 2 aromatic rings. The van der Waals surface area contributed by atoms with Crippen molar-refractivity contribution in [2.75, 3.05) is 7.11 Å². The van der Waals surface area contributed by atoms with Gasteiger partial charge >= 0.3 is 0 Å². The van der Waals surface area contributed by atoms with Crippen LogP contribution in [0, 0.1) is 0 Å². The summed E-state index contributed by atoms with van der Waals surface area (Å²) in [6, 6.07) is 15.7. The van der Waals surface area contributed by atoms with E-state index >= 15 is 0 Å². The topological polar surface area (TPSA) is 38.3 Å². The highest BCUT2D eigenvalue weighted by molar-refractivity contribution is 5.94. The molecule has 0 unspecified atom stereocenters. The van der Waals surface area contributed by atoms with Crippen LogP contribution in [0.15, 0.2) is 48.5 Å². The first-order chi connectivity index (χ1) is 10.3. The van der Waals surface area contributed by atoms with E-state index in [0.29, 0.717) is 11.3 Å². The van der Waals surface area contributed by atoms with Gasteiger partial charge in [-0.05, 0) is 48.6 Å². The highest BCUT2D eigenvalue weighted by atomic mass is 16.5. The van der Waals surface area contributed by atoms with Gasteiger partial charge in [0, 0.05) is 5.56 Å². The van der Waals surface area contributed by atoms with Gasteiger partial charge in [0.25, 0.3) is 5.91 Å². The van der Waals surface area contributed by atoms with Crippen LogP contribution in [0.5, 0.6) is 5.75 Å². The zero-order chi connectivity index (χ0) is 14.7. The summed E-state index contributed by atoms with van der Waals surface area (Å²) in [4.78, 5) is 12.4. The number of hydrogen-bond donors (Lipinski definition) is 1. The summed E-state index contributed by atoms with van der Waals surface area (Å²) in [5, 5.41) is 3.15. The molecule has 3 rings (SSSR count). The van der Waals surface area contributed by atoms with E-state index in [1.807, 2.05) is 24.3 Å². The maximum absolute atomic E-state index is 12.4. The van der Waals surface area contributed by atoms with E-state index in [0.717, 1.165) is 19.3 Å². The predicted octanol–water partition coefficient (Wildman–Crippen LogP) is 3.50. The van der Waals surface area contributed by atoms with E-state index in [1.54, 1.807) is 13.2 Å². The van der Waals surface area contributed by atoms with Gasteiger partial charge in [0.15, 0.2) is 0 Å².